The molecule has 11 heteroatoms. The van der Waals surface area contributed by atoms with Crippen LogP contribution in [0.5, 0.6) is 0 Å². The zero-order valence-electron chi connectivity index (χ0n) is 17.9. The van der Waals surface area contributed by atoms with E-state index in [9.17, 15) is 29.8 Å². The second-order valence-electron chi connectivity index (χ2n) is 7.74. The second-order valence-corrected chi connectivity index (χ2v) is 7.74. The van der Waals surface area contributed by atoms with Crippen LogP contribution in [-0.2, 0) is 0 Å². The van der Waals surface area contributed by atoms with E-state index in [1.165, 1.54) is 12.1 Å². The van der Waals surface area contributed by atoms with Crippen molar-refractivity contribution >= 4 is 39.6 Å². The van der Waals surface area contributed by atoms with Gasteiger partial charge in [0.2, 0.25) is 0 Å². The molecule has 1 aromatic heterocycles. The maximum atomic E-state index is 13.6. The van der Waals surface area contributed by atoms with Crippen LogP contribution in [-0.4, -0.2) is 31.4 Å². The molecule has 0 fully saturated rings. The maximum Gasteiger partial charge on any atom is 0.284 e. The number of hydrogen-bond donors (Lipinski definition) is 0. The summed E-state index contributed by atoms with van der Waals surface area (Å²) in [6.45, 7) is 3.39. The Morgan fingerprint density at radius 2 is 1.29 bits per heavy atom. The first-order chi connectivity index (χ1) is 16.2. The zero-order valence-corrected chi connectivity index (χ0v) is 17.9. The number of nitro groups is 2. The average molecular weight is 457 g/mol. The lowest BCUT2D eigenvalue weighted by molar-refractivity contribution is -0.390. The minimum Gasteiger partial charge on any atom is -0.268 e. The van der Waals surface area contributed by atoms with E-state index in [0.29, 0.717) is 11.4 Å². The third-order valence-electron chi connectivity index (χ3n) is 5.85. The summed E-state index contributed by atoms with van der Waals surface area (Å²) >= 11 is 0. The van der Waals surface area contributed by atoms with Crippen LogP contribution in [0.1, 0.15) is 32.1 Å². The van der Waals surface area contributed by atoms with Crippen LogP contribution in [0.15, 0.2) is 54.6 Å². The molecule has 0 saturated heterocycles. The quantitative estimate of drug-likeness (QED) is 0.253. The molecule has 0 bridgehead atoms. The van der Waals surface area contributed by atoms with Crippen LogP contribution >= 0.6 is 0 Å². The molecular weight excluding hydrogens is 442 g/mol. The molecular formula is C23H15N5O6. The van der Waals surface area contributed by atoms with Crippen molar-refractivity contribution in [2.24, 2.45) is 0 Å². The SMILES string of the molecule is Cc1nn(-c2ccccc2)c(C)c1N1C(=O)c2ccc([N+](=O)[O-])c3c([N+](=O)[O-])ccc(c23)C1=O. The van der Waals surface area contributed by atoms with Gasteiger partial charge >= 0.3 is 0 Å². The molecule has 0 saturated carbocycles. The highest BCUT2D eigenvalue weighted by Crippen LogP contribution is 2.42. The van der Waals surface area contributed by atoms with Gasteiger partial charge in [0.1, 0.15) is 5.39 Å². The van der Waals surface area contributed by atoms with Crippen molar-refractivity contribution in [3.63, 3.8) is 0 Å². The topological polar surface area (TPSA) is 141 Å². The van der Waals surface area contributed by atoms with Crippen molar-refractivity contribution < 1.29 is 19.4 Å². The Hall–Kier alpha value is -4.93. The number of aromatic nitrogens is 2. The van der Waals surface area contributed by atoms with Gasteiger partial charge in [0, 0.05) is 28.6 Å². The number of nitrogens with zero attached hydrogens (tertiary/aromatic N) is 5. The Kier molecular flexibility index (Phi) is 4.50. The van der Waals surface area contributed by atoms with E-state index in [1.54, 1.807) is 18.5 Å². The molecule has 1 aliphatic rings. The van der Waals surface area contributed by atoms with E-state index in [-0.39, 0.29) is 27.6 Å². The normalized spacial score (nSPS) is 12.9. The molecule has 0 N–H and O–H groups in total. The maximum absolute atomic E-state index is 13.6. The number of amides is 2. The summed E-state index contributed by atoms with van der Waals surface area (Å²) in [6.07, 6.45) is 0. The van der Waals surface area contributed by atoms with Gasteiger partial charge in [0.15, 0.2) is 0 Å². The smallest absolute Gasteiger partial charge is 0.268 e. The van der Waals surface area contributed by atoms with Gasteiger partial charge in [0.05, 0.1) is 32.6 Å². The Morgan fingerprint density at radius 3 is 1.79 bits per heavy atom. The Balaban J connectivity index is 1.77. The number of carbonyl (C=O) groups excluding carboxylic acids is 2. The number of carbonyl (C=O) groups is 2. The summed E-state index contributed by atoms with van der Waals surface area (Å²) in [6, 6.07) is 13.7. The molecule has 0 atom stereocenters. The first-order valence-electron chi connectivity index (χ1n) is 10.1. The summed E-state index contributed by atoms with van der Waals surface area (Å²) in [4.78, 5) is 49.7. The summed E-state index contributed by atoms with van der Waals surface area (Å²) in [5, 5.41) is 27.2. The average Bonchev–Trinajstić information content (AvgIpc) is 3.11. The van der Waals surface area contributed by atoms with Crippen molar-refractivity contribution in [3.8, 4) is 5.69 Å². The standard InChI is InChI=1S/C23H15N5O6/c1-12-21(13(2)26(24-12)14-6-4-3-5-7-14)25-22(29)15-8-10-17(27(31)32)20-18(28(33)34)11-9-16(19(15)20)23(25)30/h3-11H,1-2H3. The van der Waals surface area contributed by atoms with Gasteiger partial charge in [-0.1, -0.05) is 18.2 Å². The van der Waals surface area contributed by atoms with Crippen LogP contribution in [0.25, 0.3) is 16.5 Å². The lowest BCUT2D eigenvalue weighted by atomic mass is 9.91. The highest BCUT2D eigenvalue weighted by molar-refractivity contribution is 6.37. The summed E-state index contributed by atoms with van der Waals surface area (Å²) < 4.78 is 1.61. The first-order valence-corrected chi connectivity index (χ1v) is 10.1. The molecule has 2 heterocycles. The molecule has 0 spiro atoms. The van der Waals surface area contributed by atoms with Crippen molar-refractivity contribution in [1.82, 2.24) is 9.78 Å². The van der Waals surface area contributed by atoms with Crippen LogP contribution in [0.3, 0.4) is 0 Å². The molecule has 4 aromatic rings. The van der Waals surface area contributed by atoms with Crippen molar-refractivity contribution in [1.29, 1.82) is 0 Å². The zero-order chi connectivity index (χ0) is 24.3. The summed E-state index contributed by atoms with van der Waals surface area (Å²) in [7, 11) is 0. The van der Waals surface area contributed by atoms with Gasteiger partial charge in [-0.25, -0.2) is 9.58 Å². The minimum absolute atomic E-state index is 0.0369. The number of anilines is 1. The molecule has 1 aliphatic heterocycles. The fourth-order valence-corrected chi connectivity index (χ4v) is 4.44. The van der Waals surface area contributed by atoms with Crippen molar-refractivity contribution in [2.75, 3.05) is 4.90 Å². The number of rotatable bonds is 4. The molecule has 34 heavy (non-hydrogen) atoms. The molecule has 0 radical (unpaired) electrons. The van der Waals surface area contributed by atoms with E-state index < -0.39 is 33.0 Å². The van der Waals surface area contributed by atoms with Gasteiger partial charge in [-0.05, 0) is 38.1 Å². The van der Waals surface area contributed by atoms with E-state index in [2.05, 4.69) is 5.10 Å². The number of para-hydroxylation sites is 1. The largest absolute Gasteiger partial charge is 0.284 e. The highest BCUT2D eigenvalue weighted by Gasteiger charge is 2.40. The van der Waals surface area contributed by atoms with Gasteiger partial charge in [-0.3, -0.25) is 29.8 Å². The molecule has 3 aromatic carbocycles. The Bertz CT molecular complexity index is 1510. The van der Waals surface area contributed by atoms with Gasteiger partial charge in [-0.2, -0.15) is 5.10 Å². The van der Waals surface area contributed by atoms with E-state index >= 15 is 0 Å². The van der Waals surface area contributed by atoms with E-state index in [1.807, 2.05) is 30.3 Å². The van der Waals surface area contributed by atoms with Crippen LogP contribution in [0.2, 0.25) is 0 Å². The molecule has 168 valence electrons. The molecule has 11 nitrogen and oxygen atoms in total. The van der Waals surface area contributed by atoms with Crippen molar-refractivity contribution in [3.05, 3.63) is 97.3 Å². The molecule has 0 unspecified atom stereocenters. The molecule has 2 amide bonds. The number of nitro benzene ring substituents is 2. The first kappa shape index (κ1) is 20.9. The second kappa shape index (κ2) is 7.30. The summed E-state index contributed by atoms with van der Waals surface area (Å²) in [5.41, 5.74) is 0.807. The third-order valence-corrected chi connectivity index (χ3v) is 5.85. The van der Waals surface area contributed by atoms with E-state index in [4.69, 9.17) is 0 Å². The van der Waals surface area contributed by atoms with Crippen molar-refractivity contribution in [2.45, 2.75) is 13.8 Å². The summed E-state index contributed by atoms with van der Waals surface area (Å²) in [5.74, 6) is -1.48. The Morgan fingerprint density at radius 1 is 0.765 bits per heavy atom. The van der Waals surface area contributed by atoms with Crippen LogP contribution in [0, 0.1) is 34.1 Å². The van der Waals surface area contributed by atoms with E-state index in [0.717, 1.165) is 22.7 Å². The fraction of sp³-hybridized carbons (Fsp3) is 0.0870. The van der Waals surface area contributed by atoms with Gasteiger partial charge < -0.3 is 0 Å². The predicted octanol–water partition coefficient (Wildman–Crippen LogP) is 4.26. The monoisotopic (exact) mass is 457 g/mol. The van der Waals surface area contributed by atoms with Crippen LogP contribution < -0.4 is 4.90 Å². The molecule has 0 aliphatic carbocycles. The lowest BCUT2D eigenvalue weighted by Gasteiger charge is -2.27. The minimum atomic E-state index is -0.768. The number of aryl methyl sites for hydroxylation is 1. The van der Waals surface area contributed by atoms with Crippen LogP contribution in [0.4, 0.5) is 17.1 Å². The van der Waals surface area contributed by atoms with Gasteiger partial charge in [0.25, 0.3) is 23.2 Å². The highest BCUT2D eigenvalue weighted by atomic mass is 16.6. The lowest BCUT2D eigenvalue weighted by Crippen LogP contribution is -2.41. The number of benzene rings is 3. The Labute approximate surface area is 191 Å². The fourth-order valence-electron chi connectivity index (χ4n) is 4.44. The predicted molar refractivity (Wildman–Crippen MR) is 121 cm³/mol. The third kappa shape index (κ3) is 2.80. The number of hydrogen-bond acceptors (Lipinski definition) is 7. The number of imide groups is 1. The number of non-ortho nitro benzene ring substituents is 2. The van der Waals surface area contributed by atoms with Gasteiger partial charge in [-0.15, -0.1) is 0 Å². The molecule has 5 rings (SSSR count).